The molecular weight excluding hydrogens is 242 g/mol. The van der Waals surface area contributed by atoms with Gasteiger partial charge in [0, 0.05) is 14.1 Å². The molecule has 0 unspecified atom stereocenters. The van der Waals surface area contributed by atoms with Crippen LogP contribution in [0.1, 0.15) is 45.7 Å². The first kappa shape index (κ1) is 16.6. The Bertz CT molecular complexity index is 499. The summed E-state index contributed by atoms with van der Waals surface area (Å²) in [4.78, 5) is 2.03. The fraction of sp³-hybridized carbons (Fsp3) is 0.474. The molecule has 0 amide bonds. The van der Waals surface area contributed by atoms with Gasteiger partial charge in [0.2, 0.25) is 0 Å². The number of nitrogens with zero attached hydrogens (tertiary/aromatic N) is 1. The molecule has 0 fully saturated rings. The molecule has 1 aromatic rings. The predicted octanol–water partition coefficient (Wildman–Crippen LogP) is 5.10. The van der Waals surface area contributed by atoms with Crippen LogP contribution in [0.2, 0.25) is 0 Å². The van der Waals surface area contributed by atoms with Gasteiger partial charge in [-0.15, -0.1) is 0 Å². The van der Waals surface area contributed by atoms with Crippen molar-refractivity contribution in [3.63, 3.8) is 0 Å². The highest BCUT2D eigenvalue weighted by Gasteiger charge is 2.35. The van der Waals surface area contributed by atoms with Crippen molar-refractivity contribution in [2.75, 3.05) is 14.1 Å². The van der Waals surface area contributed by atoms with Gasteiger partial charge in [-0.05, 0) is 39.8 Å². The molecule has 0 spiro atoms. The van der Waals surface area contributed by atoms with Gasteiger partial charge in [0.05, 0.1) is 0 Å². The summed E-state index contributed by atoms with van der Waals surface area (Å²) in [6, 6.07) is 8.61. The maximum atomic E-state index is 4.24. The minimum Gasteiger partial charge on any atom is -0.383 e. The van der Waals surface area contributed by atoms with Gasteiger partial charge in [0.1, 0.15) is 0 Å². The van der Waals surface area contributed by atoms with Gasteiger partial charge < -0.3 is 4.90 Å². The third kappa shape index (κ3) is 3.53. The van der Waals surface area contributed by atoms with E-state index in [0.717, 1.165) is 5.57 Å². The van der Waals surface area contributed by atoms with Crippen molar-refractivity contribution in [2.45, 2.75) is 40.0 Å². The zero-order valence-electron chi connectivity index (χ0n) is 14.1. The number of allylic oxidation sites excluding steroid dienone is 2. The monoisotopic (exact) mass is 271 g/mol. The number of hydrogen-bond acceptors (Lipinski definition) is 1. The quantitative estimate of drug-likeness (QED) is 0.689. The summed E-state index contributed by atoms with van der Waals surface area (Å²) in [5, 5.41) is 0. The predicted molar refractivity (Wildman–Crippen MR) is 90.8 cm³/mol. The maximum absolute atomic E-state index is 4.24. The van der Waals surface area contributed by atoms with Gasteiger partial charge in [-0.1, -0.05) is 65.5 Å². The molecule has 0 bridgehead atoms. The van der Waals surface area contributed by atoms with Gasteiger partial charge in [-0.2, -0.15) is 0 Å². The highest BCUT2D eigenvalue weighted by atomic mass is 15.0. The van der Waals surface area contributed by atoms with E-state index in [1.807, 2.05) is 25.2 Å². The van der Waals surface area contributed by atoms with E-state index in [4.69, 9.17) is 0 Å². The van der Waals surface area contributed by atoms with Crippen molar-refractivity contribution < 1.29 is 0 Å². The van der Waals surface area contributed by atoms with Crippen molar-refractivity contribution in [2.24, 2.45) is 5.41 Å². The molecule has 0 atom stereocenters. The molecule has 1 rings (SSSR count). The van der Waals surface area contributed by atoms with Crippen LogP contribution in [-0.2, 0) is 5.41 Å². The second-order valence-corrected chi connectivity index (χ2v) is 7.23. The first-order valence-electron chi connectivity index (χ1n) is 7.21. The molecular formula is C19H29N. The summed E-state index contributed by atoms with van der Waals surface area (Å²) in [5.41, 5.74) is 3.94. The molecule has 0 aliphatic carbocycles. The molecule has 1 heteroatoms. The van der Waals surface area contributed by atoms with Crippen LogP contribution in [0.5, 0.6) is 0 Å². The normalized spacial score (nSPS) is 12.8. The summed E-state index contributed by atoms with van der Waals surface area (Å²) in [5.74, 6) is 0. The van der Waals surface area contributed by atoms with E-state index in [0.29, 0.717) is 0 Å². The Morgan fingerprint density at radius 2 is 1.60 bits per heavy atom. The van der Waals surface area contributed by atoms with E-state index in [1.54, 1.807) is 0 Å². The second kappa shape index (κ2) is 5.87. The molecule has 110 valence electrons. The second-order valence-electron chi connectivity index (χ2n) is 7.23. The summed E-state index contributed by atoms with van der Waals surface area (Å²) >= 11 is 0. The molecule has 1 nitrogen and oxygen atoms in total. The highest BCUT2D eigenvalue weighted by Crippen LogP contribution is 2.43. The Labute approximate surface area is 125 Å². The molecule has 0 radical (unpaired) electrons. The number of hydrogen-bond donors (Lipinski definition) is 0. The summed E-state index contributed by atoms with van der Waals surface area (Å²) in [7, 11) is 4.05. The molecule has 0 N–H and O–H groups in total. The average Bonchev–Trinajstić information content (AvgIpc) is 2.34. The van der Waals surface area contributed by atoms with E-state index in [-0.39, 0.29) is 10.8 Å². The zero-order chi connectivity index (χ0) is 15.6. The number of benzene rings is 1. The van der Waals surface area contributed by atoms with E-state index in [2.05, 4.69) is 71.5 Å². The Hall–Kier alpha value is -1.50. The van der Waals surface area contributed by atoms with Gasteiger partial charge in [0.25, 0.3) is 0 Å². The molecule has 0 aliphatic heterocycles. The largest absolute Gasteiger partial charge is 0.383 e. The lowest BCUT2D eigenvalue weighted by Gasteiger charge is -2.40. The summed E-state index contributed by atoms with van der Waals surface area (Å²) in [6.45, 7) is 15.7. The minimum absolute atomic E-state index is 0.0818. The molecule has 0 saturated heterocycles. The Morgan fingerprint density at radius 1 is 1.05 bits per heavy atom. The summed E-state index contributed by atoms with van der Waals surface area (Å²) < 4.78 is 0. The van der Waals surface area contributed by atoms with Crippen LogP contribution in [0.4, 0.5) is 0 Å². The van der Waals surface area contributed by atoms with Crippen LogP contribution in [0.3, 0.4) is 0 Å². The van der Waals surface area contributed by atoms with Gasteiger partial charge in [-0.3, -0.25) is 0 Å². The van der Waals surface area contributed by atoms with Crippen LogP contribution >= 0.6 is 0 Å². The topological polar surface area (TPSA) is 3.24 Å². The highest BCUT2D eigenvalue weighted by molar-refractivity contribution is 5.75. The van der Waals surface area contributed by atoms with E-state index in [9.17, 15) is 0 Å². The third-order valence-corrected chi connectivity index (χ3v) is 4.40. The maximum Gasteiger partial charge on any atom is 0.00556 e. The Balaban J connectivity index is 3.28. The zero-order valence-corrected chi connectivity index (χ0v) is 14.1. The molecule has 0 aromatic heterocycles. The lowest BCUT2D eigenvalue weighted by atomic mass is 9.64. The smallest absolute Gasteiger partial charge is 0.00556 e. The minimum atomic E-state index is 0.0818. The first-order valence-corrected chi connectivity index (χ1v) is 7.21. The molecule has 0 aliphatic rings. The fourth-order valence-electron chi connectivity index (χ4n) is 2.04. The van der Waals surface area contributed by atoms with Crippen molar-refractivity contribution in [1.29, 1.82) is 0 Å². The number of rotatable bonds is 4. The molecule has 20 heavy (non-hydrogen) atoms. The van der Waals surface area contributed by atoms with Gasteiger partial charge in [0.15, 0.2) is 0 Å². The lowest BCUT2D eigenvalue weighted by Crippen LogP contribution is -2.34. The van der Waals surface area contributed by atoms with E-state index >= 15 is 0 Å². The molecule has 1 aromatic carbocycles. The van der Waals surface area contributed by atoms with E-state index < -0.39 is 0 Å². The SMILES string of the molecule is C=C(/C=C\N(C)C)c1ccccc1C(C)(C)C(C)(C)C. The van der Waals surface area contributed by atoms with Crippen LogP contribution in [0.15, 0.2) is 43.1 Å². The molecule has 0 saturated carbocycles. The van der Waals surface area contributed by atoms with Crippen molar-refractivity contribution >= 4 is 5.57 Å². The van der Waals surface area contributed by atoms with Gasteiger partial charge in [-0.25, -0.2) is 0 Å². The van der Waals surface area contributed by atoms with Crippen LogP contribution in [-0.4, -0.2) is 19.0 Å². The van der Waals surface area contributed by atoms with Crippen molar-refractivity contribution in [3.05, 3.63) is 54.2 Å². The lowest BCUT2D eigenvalue weighted by molar-refractivity contribution is 0.225. The molecule has 0 heterocycles. The Kier molecular flexibility index (Phi) is 4.86. The van der Waals surface area contributed by atoms with Gasteiger partial charge >= 0.3 is 0 Å². The first-order chi connectivity index (χ1) is 9.07. The average molecular weight is 271 g/mol. The Morgan fingerprint density at radius 3 is 2.10 bits per heavy atom. The van der Waals surface area contributed by atoms with Crippen molar-refractivity contribution in [3.8, 4) is 0 Å². The van der Waals surface area contributed by atoms with Crippen LogP contribution < -0.4 is 0 Å². The van der Waals surface area contributed by atoms with Crippen LogP contribution in [0, 0.1) is 5.41 Å². The van der Waals surface area contributed by atoms with Crippen LogP contribution in [0.25, 0.3) is 5.57 Å². The standard InChI is InChI=1S/C19H29N/c1-15(13-14-20(7)8)16-11-9-10-12-17(16)19(5,6)18(2,3)4/h9-14H,1H2,2-8H3/b14-13-. The third-order valence-electron chi connectivity index (χ3n) is 4.40. The fourth-order valence-corrected chi connectivity index (χ4v) is 2.04. The van der Waals surface area contributed by atoms with E-state index in [1.165, 1.54) is 11.1 Å². The van der Waals surface area contributed by atoms with Crippen molar-refractivity contribution in [1.82, 2.24) is 4.90 Å². The summed E-state index contributed by atoms with van der Waals surface area (Å²) in [6.07, 6.45) is 4.13.